The van der Waals surface area contributed by atoms with Crippen LogP contribution in [-0.2, 0) is 4.79 Å². The van der Waals surface area contributed by atoms with E-state index in [1.165, 1.54) is 0 Å². The molecule has 0 fully saturated rings. The van der Waals surface area contributed by atoms with Gasteiger partial charge < -0.3 is 11.5 Å². The van der Waals surface area contributed by atoms with Gasteiger partial charge in [0.1, 0.15) is 0 Å². The SMILES string of the molecule is CC[C@@H](C)[C@@H](C(N)=O)c1cc(C)ccc1C(N)=O. The fraction of sp³-hybridized carbons (Fsp3) is 0.429. The van der Waals surface area contributed by atoms with E-state index in [2.05, 4.69) is 0 Å². The third kappa shape index (κ3) is 2.88. The summed E-state index contributed by atoms with van der Waals surface area (Å²) in [7, 11) is 0. The van der Waals surface area contributed by atoms with Gasteiger partial charge in [-0.2, -0.15) is 0 Å². The predicted molar refractivity (Wildman–Crippen MR) is 71.1 cm³/mol. The quantitative estimate of drug-likeness (QED) is 0.831. The average Bonchev–Trinajstić information content (AvgIpc) is 2.28. The maximum absolute atomic E-state index is 11.7. The minimum Gasteiger partial charge on any atom is -0.369 e. The number of primary amides is 2. The second-order valence-electron chi connectivity index (χ2n) is 4.72. The van der Waals surface area contributed by atoms with Crippen LogP contribution in [0.5, 0.6) is 0 Å². The number of amides is 2. The van der Waals surface area contributed by atoms with E-state index in [0.717, 1.165) is 12.0 Å². The highest BCUT2D eigenvalue weighted by Crippen LogP contribution is 2.30. The van der Waals surface area contributed by atoms with Crippen LogP contribution in [-0.4, -0.2) is 11.8 Å². The second kappa shape index (κ2) is 5.67. The topological polar surface area (TPSA) is 86.2 Å². The molecule has 0 aliphatic rings. The molecule has 18 heavy (non-hydrogen) atoms. The molecule has 1 rings (SSSR count). The molecule has 0 radical (unpaired) electrons. The molecule has 4 N–H and O–H groups in total. The maximum Gasteiger partial charge on any atom is 0.249 e. The summed E-state index contributed by atoms with van der Waals surface area (Å²) in [5, 5.41) is 0. The summed E-state index contributed by atoms with van der Waals surface area (Å²) in [5.41, 5.74) is 12.8. The lowest BCUT2D eigenvalue weighted by molar-refractivity contribution is -0.120. The Hall–Kier alpha value is -1.84. The molecule has 2 atom stereocenters. The Morgan fingerprint density at radius 3 is 2.33 bits per heavy atom. The van der Waals surface area contributed by atoms with E-state index >= 15 is 0 Å². The van der Waals surface area contributed by atoms with Crippen molar-refractivity contribution in [2.45, 2.75) is 33.1 Å². The van der Waals surface area contributed by atoms with E-state index in [0.29, 0.717) is 11.1 Å². The van der Waals surface area contributed by atoms with E-state index in [1.807, 2.05) is 26.8 Å². The minimum absolute atomic E-state index is 0.0717. The average molecular weight is 248 g/mol. The molecule has 0 bridgehead atoms. The van der Waals surface area contributed by atoms with Gasteiger partial charge in [0.15, 0.2) is 0 Å². The third-order valence-electron chi connectivity index (χ3n) is 3.33. The van der Waals surface area contributed by atoms with E-state index < -0.39 is 17.7 Å². The Balaban J connectivity index is 3.38. The van der Waals surface area contributed by atoms with Crippen molar-refractivity contribution in [1.29, 1.82) is 0 Å². The van der Waals surface area contributed by atoms with Gasteiger partial charge in [-0.1, -0.05) is 38.0 Å². The molecule has 0 saturated heterocycles. The first-order valence-corrected chi connectivity index (χ1v) is 6.08. The lowest BCUT2D eigenvalue weighted by atomic mass is 9.82. The van der Waals surface area contributed by atoms with Crippen molar-refractivity contribution < 1.29 is 9.59 Å². The molecule has 0 aliphatic carbocycles. The summed E-state index contributed by atoms with van der Waals surface area (Å²) >= 11 is 0. The van der Waals surface area contributed by atoms with Crippen molar-refractivity contribution in [3.63, 3.8) is 0 Å². The maximum atomic E-state index is 11.7. The van der Waals surface area contributed by atoms with Crippen LogP contribution < -0.4 is 11.5 Å². The molecule has 1 aromatic rings. The number of nitrogens with two attached hydrogens (primary N) is 2. The van der Waals surface area contributed by atoms with Gasteiger partial charge in [0.2, 0.25) is 11.8 Å². The lowest BCUT2D eigenvalue weighted by Crippen LogP contribution is -2.29. The van der Waals surface area contributed by atoms with E-state index in [-0.39, 0.29) is 5.92 Å². The van der Waals surface area contributed by atoms with Crippen LogP contribution in [0.2, 0.25) is 0 Å². The zero-order valence-electron chi connectivity index (χ0n) is 11.1. The zero-order valence-corrected chi connectivity index (χ0v) is 11.1. The number of hydrogen-bond donors (Lipinski definition) is 2. The number of rotatable bonds is 5. The summed E-state index contributed by atoms with van der Waals surface area (Å²) in [6.45, 7) is 5.84. The molecular weight excluding hydrogens is 228 g/mol. The Labute approximate surface area is 107 Å². The fourth-order valence-corrected chi connectivity index (χ4v) is 2.14. The highest BCUT2D eigenvalue weighted by Gasteiger charge is 2.27. The van der Waals surface area contributed by atoms with Crippen molar-refractivity contribution in [3.05, 3.63) is 34.9 Å². The highest BCUT2D eigenvalue weighted by molar-refractivity contribution is 5.97. The van der Waals surface area contributed by atoms with Gasteiger partial charge in [0.05, 0.1) is 5.92 Å². The van der Waals surface area contributed by atoms with Crippen molar-refractivity contribution in [2.24, 2.45) is 17.4 Å². The van der Waals surface area contributed by atoms with Crippen LogP contribution in [0.25, 0.3) is 0 Å². The number of hydrogen-bond acceptors (Lipinski definition) is 2. The number of carbonyl (C=O) groups is 2. The monoisotopic (exact) mass is 248 g/mol. The smallest absolute Gasteiger partial charge is 0.249 e. The largest absolute Gasteiger partial charge is 0.369 e. The lowest BCUT2D eigenvalue weighted by Gasteiger charge is -2.22. The number of benzene rings is 1. The summed E-state index contributed by atoms with van der Waals surface area (Å²) in [6.07, 6.45) is 0.805. The summed E-state index contributed by atoms with van der Waals surface area (Å²) < 4.78 is 0. The molecule has 0 unspecified atom stereocenters. The molecule has 0 aromatic heterocycles. The van der Waals surface area contributed by atoms with E-state index in [4.69, 9.17) is 11.5 Å². The van der Waals surface area contributed by atoms with Gasteiger partial charge >= 0.3 is 0 Å². The molecule has 4 nitrogen and oxygen atoms in total. The van der Waals surface area contributed by atoms with Crippen LogP contribution >= 0.6 is 0 Å². The van der Waals surface area contributed by atoms with Gasteiger partial charge in [-0.15, -0.1) is 0 Å². The van der Waals surface area contributed by atoms with Crippen LogP contribution in [0.4, 0.5) is 0 Å². The van der Waals surface area contributed by atoms with Crippen LogP contribution in [0.3, 0.4) is 0 Å². The normalized spacial score (nSPS) is 13.9. The first-order valence-electron chi connectivity index (χ1n) is 6.08. The Kier molecular flexibility index (Phi) is 4.48. The summed E-state index contributed by atoms with van der Waals surface area (Å²) in [5.74, 6) is -1.35. The molecular formula is C14H20N2O2. The Bertz CT molecular complexity index is 469. The molecule has 1 aromatic carbocycles. The third-order valence-corrected chi connectivity index (χ3v) is 3.33. The van der Waals surface area contributed by atoms with Gasteiger partial charge in [-0.3, -0.25) is 9.59 Å². The van der Waals surface area contributed by atoms with Crippen molar-refractivity contribution in [1.82, 2.24) is 0 Å². The molecule has 0 saturated carbocycles. The Morgan fingerprint density at radius 1 is 1.28 bits per heavy atom. The van der Waals surface area contributed by atoms with Crippen molar-refractivity contribution in [2.75, 3.05) is 0 Å². The van der Waals surface area contributed by atoms with Crippen molar-refractivity contribution in [3.8, 4) is 0 Å². The predicted octanol–water partition coefficient (Wildman–Crippen LogP) is 1.71. The molecule has 4 heteroatoms. The highest BCUT2D eigenvalue weighted by atomic mass is 16.1. The summed E-state index contributed by atoms with van der Waals surface area (Å²) in [6, 6.07) is 5.28. The molecule has 98 valence electrons. The fourth-order valence-electron chi connectivity index (χ4n) is 2.14. The standard InChI is InChI=1S/C14H20N2O2/c1-4-9(3)12(14(16)18)11-7-8(2)5-6-10(11)13(15)17/h5-7,9,12H,4H2,1-3H3,(H2,15,17)(H2,16,18)/t9-,12-/m1/s1. The second-order valence-corrected chi connectivity index (χ2v) is 4.72. The van der Waals surface area contributed by atoms with Gasteiger partial charge in [0.25, 0.3) is 0 Å². The molecule has 2 amide bonds. The van der Waals surface area contributed by atoms with Gasteiger partial charge in [-0.05, 0) is 24.5 Å². The zero-order chi connectivity index (χ0) is 13.9. The molecule has 0 spiro atoms. The van der Waals surface area contributed by atoms with E-state index in [9.17, 15) is 9.59 Å². The Morgan fingerprint density at radius 2 is 1.89 bits per heavy atom. The van der Waals surface area contributed by atoms with Gasteiger partial charge in [-0.25, -0.2) is 0 Å². The van der Waals surface area contributed by atoms with Crippen LogP contribution in [0, 0.1) is 12.8 Å². The van der Waals surface area contributed by atoms with Crippen LogP contribution in [0.1, 0.15) is 47.7 Å². The number of carbonyl (C=O) groups excluding carboxylic acids is 2. The van der Waals surface area contributed by atoms with Gasteiger partial charge in [0, 0.05) is 5.56 Å². The summed E-state index contributed by atoms with van der Waals surface area (Å²) in [4.78, 5) is 23.1. The molecule has 0 aliphatic heterocycles. The van der Waals surface area contributed by atoms with Crippen LogP contribution in [0.15, 0.2) is 18.2 Å². The van der Waals surface area contributed by atoms with E-state index in [1.54, 1.807) is 12.1 Å². The number of aryl methyl sites for hydroxylation is 1. The first kappa shape index (κ1) is 14.2. The first-order chi connectivity index (χ1) is 8.38. The molecule has 0 heterocycles. The van der Waals surface area contributed by atoms with Crippen molar-refractivity contribution >= 4 is 11.8 Å². The minimum atomic E-state index is -0.528.